The van der Waals surface area contributed by atoms with Gasteiger partial charge in [-0.15, -0.1) is 0 Å². The maximum absolute atomic E-state index is 13.3. The topological polar surface area (TPSA) is 156 Å². The third kappa shape index (κ3) is 9.72. The molecule has 4 aromatic rings. The van der Waals surface area contributed by atoms with Crippen LogP contribution in [0.3, 0.4) is 0 Å². The Bertz CT molecular complexity index is 1990. The van der Waals surface area contributed by atoms with E-state index < -0.39 is 12.2 Å². The lowest BCUT2D eigenvalue weighted by atomic mass is 9.81. The molecule has 3 aromatic carbocycles. The minimum atomic E-state index is -0.829. The van der Waals surface area contributed by atoms with E-state index in [4.69, 9.17) is 9.47 Å². The van der Waals surface area contributed by atoms with E-state index in [1.54, 1.807) is 12.1 Å². The number of hydrogen-bond donors (Lipinski definition) is 5. The fraction of sp³-hybridized carbons (Fsp3) is 0.477. The molecule has 3 aliphatic heterocycles. The highest BCUT2D eigenvalue weighted by Crippen LogP contribution is 2.33. The Kier molecular flexibility index (Phi) is 12.9. The first-order valence-electron chi connectivity index (χ1n) is 20.2. The largest absolute Gasteiger partial charge is 0.506 e. The Labute approximate surface area is 328 Å². The molecule has 1 aliphatic carbocycles. The van der Waals surface area contributed by atoms with Gasteiger partial charge in [-0.3, -0.25) is 14.5 Å². The van der Waals surface area contributed by atoms with Gasteiger partial charge in [-0.1, -0.05) is 48.5 Å². The van der Waals surface area contributed by atoms with Gasteiger partial charge in [-0.05, 0) is 117 Å². The third-order valence-electron chi connectivity index (χ3n) is 11.9. The van der Waals surface area contributed by atoms with Gasteiger partial charge >= 0.3 is 6.09 Å². The van der Waals surface area contributed by atoms with Crippen molar-refractivity contribution in [3.05, 3.63) is 106 Å². The Morgan fingerprint density at radius 2 is 1.71 bits per heavy atom. The van der Waals surface area contributed by atoms with E-state index in [0.717, 1.165) is 81.5 Å². The molecule has 0 spiro atoms. The summed E-state index contributed by atoms with van der Waals surface area (Å²) in [5.41, 5.74) is 2.50. The van der Waals surface area contributed by atoms with Crippen molar-refractivity contribution in [1.29, 1.82) is 0 Å². The first kappa shape index (κ1) is 39.3. The smallest absolute Gasteiger partial charge is 0.408 e. The van der Waals surface area contributed by atoms with Gasteiger partial charge in [0.05, 0.1) is 24.3 Å². The second-order valence-corrected chi connectivity index (χ2v) is 15.8. The number of phenols is 1. The Hall–Kier alpha value is -4.91. The molecule has 12 heteroatoms. The number of phenolic OH excluding ortho intramolecular Hbond substituents is 1. The van der Waals surface area contributed by atoms with Crippen LogP contribution in [0, 0.1) is 17.8 Å². The maximum Gasteiger partial charge on any atom is 0.408 e. The van der Waals surface area contributed by atoms with E-state index in [1.807, 2.05) is 66.5 Å². The molecule has 5 N–H and O–H groups in total. The maximum atomic E-state index is 13.3. The van der Waals surface area contributed by atoms with Crippen molar-refractivity contribution in [3.8, 4) is 11.5 Å². The molecule has 1 saturated carbocycles. The van der Waals surface area contributed by atoms with E-state index in [1.165, 1.54) is 12.1 Å². The monoisotopic (exact) mass is 765 g/mol. The second-order valence-electron chi connectivity index (χ2n) is 15.8. The van der Waals surface area contributed by atoms with E-state index >= 15 is 0 Å². The number of ether oxygens (including phenoxy) is 2. The number of alkyl carbamates (subject to hydrolysis) is 1. The summed E-state index contributed by atoms with van der Waals surface area (Å²) in [6, 6.07) is 23.6. The molecule has 12 nitrogen and oxygen atoms in total. The number of benzene rings is 3. The third-order valence-corrected chi connectivity index (χ3v) is 11.9. The second kappa shape index (κ2) is 18.4. The summed E-state index contributed by atoms with van der Waals surface area (Å²) in [6.07, 6.45) is 5.10. The fourth-order valence-corrected chi connectivity index (χ4v) is 8.67. The van der Waals surface area contributed by atoms with Crippen molar-refractivity contribution in [1.82, 2.24) is 25.4 Å². The van der Waals surface area contributed by atoms with Crippen LogP contribution in [0.15, 0.2) is 83.7 Å². The first-order chi connectivity index (χ1) is 27.2. The highest BCUT2D eigenvalue weighted by atomic mass is 16.6. The van der Waals surface area contributed by atoms with Crippen molar-refractivity contribution in [2.75, 3.05) is 52.9 Å². The summed E-state index contributed by atoms with van der Waals surface area (Å²) in [7, 11) is 1.86. The van der Waals surface area contributed by atoms with Gasteiger partial charge in [0.25, 0.3) is 0 Å². The number of rotatable bonds is 15. The zero-order chi connectivity index (χ0) is 39.0. The molecular formula is C44H55N5O7. The standard InChI is InChI=1S/C44H55N5O7/c1-48(22-6-21-45-26-38(51)35-15-17-37(50)42-36(35)16-18-40(52)46-42)43(53)32-13-11-29(12-14-32)28-55-34-10-5-9-33(25-34)41(31-7-3-2-4-8-31)47-44(54)56-39-27-49-23-19-30(39)20-24-49/h2-5,7-10,15-18,25,29-30,32,38-39,41,45,50-51H,6,11-14,19-24,26-28H2,1H3,(H,46,52)(H,47,54)/t29?,32?,38-,39-,41-/m0/s1. The van der Waals surface area contributed by atoms with Crippen LogP contribution in [0.5, 0.6) is 11.5 Å². The van der Waals surface area contributed by atoms with Gasteiger partial charge in [0, 0.05) is 44.1 Å². The van der Waals surface area contributed by atoms with E-state index in [0.29, 0.717) is 54.5 Å². The molecule has 0 radical (unpaired) electrons. The lowest BCUT2D eigenvalue weighted by Crippen LogP contribution is -2.52. The normalized spacial score (nSPS) is 22.9. The number of amides is 2. The van der Waals surface area contributed by atoms with Crippen LogP contribution < -0.4 is 20.9 Å². The summed E-state index contributed by atoms with van der Waals surface area (Å²) in [5.74, 6) is 1.68. The summed E-state index contributed by atoms with van der Waals surface area (Å²) >= 11 is 0. The molecular weight excluding hydrogens is 711 g/mol. The predicted molar refractivity (Wildman–Crippen MR) is 215 cm³/mol. The van der Waals surface area contributed by atoms with Crippen LogP contribution in [0.1, 0.15) is 73.8 Å². The number of H-pyrrole nitrogens is 1. The molecule has 298 valence electrons. The molecule has 4 fully saturated rings. The van der Waals surface area contributed by atoms with Gasteiger partial charge in [0.15, 0.2) is 0 Å². The number of carbonyl (C=O) groups is 2. The summed E-state index contributed by atoms with van der Waals surface area (Å²) in [5, 5.41) is 27.9. The van der Waals surface area contributed by atoms with Crippen LogP contribution in [-0.4, -0.2) is 96.0 Å². The number of piperidine rings is 3. The van der Waals surface area contributed by atoms with E-state index in [-0.39, 0.29) is 35.3 Å². The van der Waals surface area contributed by atoms with Crippen molar-refractivity contribution < 1.29 is 29.3 Å². The van der Waals surface area contributed by atoms with Crippen molar-refractivity contribution in [2.45, 2.75) is 63.2 Å². The number of carbonyl (C=O) groups excluding carboxylic acids is 2. The number of aromatic amines is 1. The molecule has 0 unspecified atom stereocenters. The molecule has 2 bridgehead atoms. The number of nitrogens with zero attached hydrogens (tertiary/aromatic N) is 2. The Morgan fingerprint density at radius 3 is 2.46 bits per heavy atom. The van der Waals surface area contributed by atoms with Gasteiger partial charge in [0.1, 0.15) is 17.6 Å². The van der Waals surface area contributed by atoms with Gasteiger partial charge in [-0.25, -0.2) is 4.79 Å². The van der Waals surface area contributed by atoms with Crippen molar-refractivity contribution >= 4 is 22.9 Å². The number of hydrogen-bond acceptors (Lipinski definition) is 9. The number of aliphatic hydroxyl groups excluding tert-OH is 1. The van der Waals surface area contributed by atoms with Crippen molar-refractivity contribution in [2.24, 2.45) is 17.8 Å². The van der Waals surface area contributed by atoms with E-state index in [2.05, 4.69) is 20.5 Å². The molecule has 2 amide bonds. The molecule has 4 aliphatic rings. The zero-order valence-electron chi connectivity index (χ0n) is 32.2. The molecule has 4 heterocycles. The Morgan fingerprint density at radius 1 is 0.946 bits per heavy atom. The number of nitrogens with one attached hydrogen (secondary N) is 3. The minimum Gasteiger partial charge on any atom is -0.506 e. The van der Waals surface area contributed by atoms with E-state index in [9.17, 15) is 24.6 Å². The number of pyridine rings is 1. The minimum absolute atomic E-state index is 0.00186. The SMILES string of the molecule is CN(CCCNC[C@H](O)c1ccc(O)c2[nH]c(=O)ccc12)C(=O)C1CCC(COc2cccc([C@@H](NC(=O)O[C@H]3CN4CCC3CC4)c3ccccc3)c2)CC1. The van der Waals surface area contributed by atoms with Crippen LogP contribution in [-0.2, 0) is 9.53 Å². The molecule has 56 heavy (non-hydrogen) atoms. The summed E-state index contributed by atoms with van der Waals surface area (Å²) in [6.45, 7) is 5.09. The lowest BCUT2D eigenvalue weighted by Gasteiger charge is -2.43. The number of aliphatic hydroxyl groups is 1. The Balaban J connectivity index is 0.836. The zero-order valence-corrected chi connectivity index (χ0v) is 32.2. The van der Waals surface area contributed by atoms with Crippen LogP contribution in [0.4, 0.5) is 4.79 Å². The lowest BCUT2D eigenvalue weighted by molar-refractivity contribution is -0.135. The molecule has 3 saturated heterocycles. The highest BCUT2D eigenvalue weighted by Gasteiger charge is 2.37. The summed E-state index contributed by atoms with van der Waals surface area (Å²) in [4.78, 5) is 45.1. The molecule has 8 rings (SSSR count). The summed E-state index contributed by atoms with van der Waals surface area (Å²) < 4.78 is 12.3. The molecule has 3 atom stereocenters. The van der Waals surface area contributed by atoms with Gasteiger partial charge < -0.3 is 40.2 Å². The van der Waals surface area contributed by atoms with Gasteiger partial charge in [-0.2, -0.15) is 0 Å². The van der Waals surface area contributed by atoms with Crippen LogP contribution >= 0.6 is 0 Å². The number of fused-ring (bicyclic) bond motifs is 4. The highest BCUT2D eigenvalue weighted by molar-refractivity contribution is 5.87. The molecule has 1 aromatic heterocycles. The van der Waals surface area contributed by atoms with Crippen LogP contribution in [0.25, 0.3) is 10.9 Å². The number of aromatic hydroxyl groups is 1. The van der Waals surface area contributed by atoms with Crippen LogP contribution in [0.2, 0.25) is 0 Å². The number of aromatic nitrogens is 1. The fourth-order valence-electron chi connectivity index (χ4n) is 8.67. The average molecular weight is 766 g/mol. The first-order valence-corrected chi connectivity index (χ1v) is 20.2. The van der Waals surface area contributed by atoms with Gasteiger partial charge in [0.2, 0.25) is 11.5 Å². The average Bonchev–Trinajstić information content (AvgIpc) is 3.23. The predicted octanol–water partition coefficient (Wildman–Crippen LogP) is 5.50. The quantitative estimate of drug-likeness (QED) is 0.0987. The van der Waals surface area contributed by atoms with Crippen molar-refractivity contribution in [3.63, 3.8) is 0 Å².